The van der Waals surface area contributed by atoms with Gasteiger partial charge in [-0.25, -0.2) is 4.39 Å². The van der Waals surface area contributed by atoms with E-state index >= 15 is 0 Å². The molecule has 0 radical (unpaired) electrons. The number of aliphatic hydroxyl groups is 1. The van der Waals surface area contributed by atoms with Crippen LogP contribution in [0.3, 0.4) is 0 Å². The van der Waals surface area contributed by atoms with Crippen LogP contribution in [0, 0.1) is 5.82 Å². The van der Waals surface area contributed by atoms with Gasteiger partial charge in [0.05, 0.1) is 17.2 Å². The summed E-state index contributed by atoms with van der Waals surface area (Å²) in [6.07, 6.45) is -0.296. The summed E-state index contributed by atoms with van der Waals surface area (Å²) in [6.45, 7) is 0.175. The number of aromatic nitrogens is 1. The minimum Gasteiger partial charge on any atom is -0.391 e. The van der Waals surface area contributed by atoms with Crippen molar-refractivity contribution in [1.82, 2.24) is 9.88 Å². The molecule has 3 rings (SSSR count). The molecule has 0 unspecified atom stereocenters. The number of rotatable bonds is 2. The molecule has 2 aromatic rings. The van der Waals surface area contributed by atoms with Crippen molar-refractivity contribution in [3.8, 4) is 0 Å². The number of halogens is 3. The molecule has 2 heterocycles. The molecular weight excluding hydrogens is 330 g/mol. The minimum absolute atomic E-state index is 0.175. The third kappa shape index (κ3) is 2.84. The maximum Gasteiger partial charge on any atom is 0.270 e. The van der Waals surface area contributed by atoms with Crippen molar-refractivity contribution in [3.63, 3.8) is 0 Å². The Kier molecular flexibility index (Phi) is 4.12. The third-order valence-electron chi connectivity index (χ3n) is 3.73. The van der Waals surface area contributed by atoms with Gasteiger partial charge in [-0.05, 0) is 30.2 Å². The van der Waals surface area contributed by atoms with Gasteiger partial charge in [-0.1, -0.05) is 35.3 Å². The van der Waals surface area contributed by atoms with E-state index in [1.54, 1.807) is 12.1 Å². The van der Waals surface area contributed by atoms with E-state index in [0.717, 1.165) is 0 Å². The molecule has 7 heteroatoms. The van der Waals surface area contributed by atoms with Crippen LogP contribution in [0.4, 0.5) is 4.39 Å². The summed E-state index contributed by atoms with van der Waals surface area (Å²) in [5.41, 5.74) is 0.888. The normalized spacial score (nSPS) is 21.4. The Hall–Kier alpha value is -1.56. The molecule has 1 amide bonds. The molecule has 0 bridgehead atoms. The summed E-state index contributed by atoms with van der Waals surface area (Å²) >= 11 is 11.7. The standard InChI is InChI=1S/C15H13Cl2FN2O2/c16-11-6-12(19-14(11)17)15(22)20-7-10(21)5-13(20)8-2-1-3-9(18)4-8/h1-4,6,10,13,19,21H,5,7H2/t10-,13+/m1/s1. The number of H-pyrrole nitrogens is 1. The van der Waals surface area contributed by atoms with Crippen LogP contribution in [-0.4, -0.2) is 33.5 Å². The first-order valence-electron chi connectivity index (χ1n) is 6.74. The highest BCUT2D eigenvalue weighted by molar-refractivity contribution is 6.41. The Labute approximate surface area is 136 Å². The van der Waals surface area contributed by atoms with Crippen LogP contribution >= 0.6 is 23.2 Å². The highest BCUT2D eigenvalue weighted by atomic mass is 35.5. The molecule has 1 aromatic carbocycles. The van der Waals surface area contributed by atoms with Crippen LogP contribution in [0.2, 0.25) is 10.2 Å². The summed E-state index contributed by atoms with van der Waals surface area (Å²) < 4.78 is 13.4. The Morgan fingerprint density at radius 1 is 1.36 bits per heavy atom. The number of hydrogen-bond acceptors (Lipinski definition) is 2. The number of hydrogen-bond donors (Lipinski definition) is 2. The molecule has 0 aliphatic carbocycles. The second-order valence-electron chi connectivity index (χ2n) is 5.26. The zero-order valence-corrected chi connectivity index (χ0v) is 12.9. The van der Waals surface area contributed by atoms with Crippen molar-refractivity contribution in [2.45, 2.75) is 18.6 Å². The first-order valence-corrected chi connectivity index (χ1v) is 7.50. The lowest BCUT2D eigenvalue weighted by molar-refractivity contribution is 0.0710. The second-order valence-corrected chi connectivity index (χ2v) is 6.05. The first kappa shape index (κ1) is 15.3. The molecule has 2 atom stereocenters. The highest BCUT2D eigenvalue weighted by Crippen LogP contribution is 2.34. The van der Waals surface area contributed by atoms with E-state index in [1.165, 1.54) is 23.1 Å². The molecule has 2 N–H and O–H groups in total. The fourth-order valence-corrected chi connectivity index (χ4v) is 3.05. The third-order valence-corrected chi connectivity index (χ3v) is 4.42. The smallest absolute Gasteiger partial charge is 0.270 e. The molecule has 4 nitrogen and oxygen atoms in total. The molecule has 1 aliphatic heterocycles. The molecule has 116 valence electrons. The number of amides is 1. The van der Waals surface area contributed by atoms with E-state index in [9.17, 15) is 14.3 Å². The van der Waals surface area contributed by atoms with E-state index in [0.29, 0.717) is 12.0 Å². The highest BCUT2D eigenvalue weighted by Gasteiger charge is 2.36. The molecule has 22 heavy (non-hydrogen) atoms. The molecule has 1 aromatic heterocycles. The lowest BCUT2D eigenvalue weighted by Gasteiger charge is -2.24. The largest absolute Gasteiger partial charge is 0.391 e. The van der Waals surface area contributed by atoms with Crippen LogP contribution < -0.4 is 0 Å². The predicted molar refractivity (Wildman–Crippen MR) is 81.6 cm³/mol. The van der Waals surface area contributed by atoms with Gasteiger partial charge in [-0.15, -0.1) is 0 Å². The number of aliphatic hydroxyl groups excluding tert-OH is 1. The number of aromatic amines is 1. The summed E-state index contributed by atoms with van der Waals surface area (Å²) in [5.74, 6) is -0.711. The number of nitrogens with zero attached hydrogens (tertiary/aromatic N) is 1. The first-order chi connectivity index (χ1) is 10.5. The zero-order valence-electron chi connectivity index (χ0n) is 11.4. The maximum atomic E-state index is 13.4. The van der Waals surface area contributed by atoms with Gasteiger partial charge < -0.3 is 15.0 Å². The zero-order chi connectivity index (χ0) is 15.9. The van der Waals surface area contributed by atoms with Crippen molar-refractivity contribution >= 4 is 29.1 Å². The summed E-state index contributed by atoms with van der Waals surface area (Å²) in [5, 5.41) is 10.3. The van der Waals surface area contributed by atoms with Gasteiger partial charge in [0.1, 0.15) is 16.7 Å². The molecule has 0 saturated carbocycles. The van der Waals surface area contributed by atoms with Gasteiger partial charge in [0.15, 0.2) is 0 Å². The number of nitrogens with one attached hydrogen (secondary N) is 1. The Morgan fingerprint density at radius 2 is 2.14 bits per heavy atom. The Morgan fingerprint density at radius 3 is 2.77 bits per heavy atom. The van der Waals surface area contributed by atoms with E-state index in [4.69, 9.17) is 23.2 Å². The predicted octanol–water partition coefficient (Wildman–Crippen LogP) is 3.41. The summed E-state index contributed by atoms with van der Waals surface area (Å²) in [4.78, 5) is 16.8. The number of β-amino-alcohol motifs (C(OH)–C–C–N with tert-alkyl or cyclic N) is 1. The minimum atomic E-state index is -0.655. The van der Waals surface area contributed by atoms with Gasteiger partial charge >= 0.3 is 0 Å². The van der Waals surface area contributed by atoms with Gasteiger partial charge in [-0.2, -0.15) is 0 Å². The quantitative estimate of drug-likeness (QED) is 0.878. The van der Waals surface area contributed by atoms with Crippen LogP contribution in [0.15, 0.2) is 30.3 Å². The van der Waals surface area contributed by atoms with Crippen molar-refractivity contribution < 1.29 is 14.3 Å². The molecule has 1 fully saturated rings. The van der Waals surface area contributed by atoms with Crippen molar-refractivity contribution in [3.05, 3.63) is 57.6 Å². The number of carbonyl (C=O) groups is 1. The summed E-state index contributed by atoms with van der Waals surface area (Å²) in [6, 6.07) is 7.09. The second kappa shape index (κ2) is 5.91. The topological polar surface area (TPSA) is 56.3 Å². The van der Waals surface area contributed by atoms with Gasteiger partial charge in [0.2, 0.25) is 0 Å². The van der Waals surface area contributed by atoms with Crippen LogP contribution in [0.25, 0.3) is 0 Å². The van der Waals surface area contributed by atoms with Gasteiger partial charge in [0.25, 0.3) is 5.91 Å². The monoisotopic (exact) mass is 342 g/mol. The Balaban J connectivity index is 1.92. The lowest BCUT2D eigenvalue weighted by Crippen LogP contribution is -2.32. The molecular formula is C15H13Cl2FN2O2. The van der Waals surface area contributed by atoms with Crippen molar-refractivity contribution in [1.29, 1.82) is 0 Å². The number of likely N-dealkylation sites (tertiary alicyclic amines) is 1. The van der Waals surface area contributed by atoms with E-state index in [-0.39, 0.29) is 40.2 Å². The van der Waals surface area contributed by atoms with Crippen molar-refractivity contribution in [2.75, 3.05) is 6.54 Å². The Bertz CT molecular complexity index is 700. The average Bonchev–Trinajstić information content (AvgIpc) is 3.02. The number of benzene rings is 1. The van der Waals surface area contributed by atoms with E-state index in [2.05, 4.69) is 4.98 Å². The van der Waals surface area contributed by atoms with E-state index in [1.807, 2.05) is 0 Å². The molecule has 1 aliphatic rings. The van der Waals surface area contributed by atoms with Crippen LogP contribution in [0.5, 0.6) is 0 Å². The molecule has 0 spiro atoms. The van der Waals surface area contributed by atoms with Gasteiger partial charge in [0, 0.05) is 6.54 Å². The lowest BCUT2D eigenvalue weighted by atomic mass is 10.0. The average molecular weight is 343 g/mol. The van der Waals surface area contributed by atoms with Crippen molar-refractivity contribution in [2.24, 2.45) is 0 Å². The van der Waals surface area contributed by atoms with Gasteiger partial charge in [-0.3, -0.25) is 4.79 Å². The maximum absolute atomic E-state index is 13.4. The fourth-order valence-electron chi connectivity index (χ4n) is 2.74. The van der Waals surface area contributed by atoms with E-state index < -0.39 is 6.10 Å². The fraction of sp³-hybridized carbons (Fsp3) is 0.267. The SMILES string of the molecule is O=C(c1cc(Cl)c(Cl)[nH]1)N1C[C@H](O)C[C@H]1c1cccc(F)c1. The van der Waals surface area contributed by atoms with Crippen LogP contribution in [-0.2, 0) is 0 Å². The summed E-state index contributed by atoms with van der Waals surface area (Å²) in [7, 11) is 0. The van der Waals surface area contributed by atoms with Crippen LogP contribution in [0.1, 0.15) is 28.5 Å². The number of carbonyl (C=O) groups excluding carboxylic acids is 1. The molecule has 1 saturated heterocycles.